The van der Waals surface area contributed by atoms with Crippen LogP contribution in [-0.4, -0.2) is 9.55 Å². The van der Waals surface area contributed by atoms with Crippen LogP contribution in [-0.2, 0) is 5.88 Å². The molecule has 78 valence electrons. The fraction of sp³-hybridized carbons (Fsp3) is 0.100. The Hall–Kier alpha value is -0.320. The predicted octanol–water partition coefficient (Wildman–Crippen LogP) is 4.14. The van der Waals surface area contributed by atoms with Crippen molar-refractivity contribution in [2.45, 2.75) is 5.88 Å². The molecule has 1 heterocycles. The van der Waals surface area contributed by atoms with Crippen LogP contribution < -0.4 is 0 Å². The van der Waals surface area contributed by atoms with Gasteiger partial charge in [-0.05, 0) is 34.1 Å². The maximum absolute atomic E-state index is 5.70. The maximum Gasteiger partial charge on any atom is 0.0996 e. The van der Waals surface area contributed by atoms with Crippen LogP contribution in [0.1, 0.15) is 5.69 Å². The van der Waals surface area contributed by atoms with Crippen LogP contribution >= 0.6 is 43.5 Å². The third-order valence-corrected chi connectivity index (χ3v) is 3.36. The van der Waals surface area contributed by atoms with Crippen molar-refractivity contribution in [3.05, 3.63) is 45.4 Å². The van der Waals surface area contributed by atoms with Crippen LogP contribution in [0, 0.1) is 0 Å². The van der Waals surface area contributed by atoms with E-state index in [1.54, 1.807) is 6.33 Å². The summed E-state index contributed by atoms with van der Waals surface area (Å²) in [4.78, 5) is 4.17. The molecule has 0 atom stereocenters. The summed E-state index contributed by atoms with van der Waals surface area (Å²) in [6.45, 7) is 0. The number of hydrogen-bond donors (Lipinski definition) is 0. The quantitative estimate of drug-likeness (QED) is 0.745. The zero-order valence-corrected chi connectivity index (χ0v) is 11.6. The first-order valence-electron chi connectivity index (χ1n) is 4.25. The number of hydrogen-bond acceptors (Lipinski definition) is 1. The lowest BCUT2D eigenvalue weighted by Gasteiger charge is -2.04. The lowest BCUT2D eigenvalue weighted by Crippen LogP contribution is -1.91. The molecule has 2 nitrogen and oxygen atoms in total. The molecule has 0 amide bonds. The molecule has 0 fully saturated rings. The largest absolute Gasteiger partial charge is 0.305 e. The number of alkyl halides is 1. The summed E-state index contributed by atoms with van der Waals surface area (Å²) >= 11 is 12.6. The van der Waals surface area contributed by atoms with Gasteiger partial charge in [-0.1, -0.05) is 15.9 Å². The number of benzene rings is 1. The maximum atomic E-state index is 5.70. The highest BCUT2D eigenvalue weighted by atomic mass is 79.9. The average Bonchev–Trinajstić information content (AvgIpc) is 2.66. The molecule has 1 aromatic carbocycles. The molecule has 5 heteroatoms. The third kappa shape index (κ3) is 2.44. The second kappa shape index (κ2) is 4.68. The Balaban J connectivity index is 2.44. The van der Waals surface area contributed by atoms with Gasteiger partial charge in [0.2, 0.25) is 0 Å². The van der Waals surface area contributed by atoms with Gasteiger partial charge in [0.25, 0.3) is 0 Å². The van der Waals surface area contributed by atoms with Crippen LogP contribution in [0.5, 0.6) is 0 Å². The number of imidazole rings is 1. The van der Waals surface area contributed by atoms with Crippen LogP contribution in [0.3, 0.4) is 0 Å². The summed E-state index contributed by atoms with van der Waals surface area (Å²) in [6.07, 6.45) is 3.67. The van der Waals surface area contributed by atoms with Gasteiger partial charge in [-0.25, -0.2) is 4.98 Å². The molecule has 0 unspecified atom stereocenters. The van der Waals surface area contributed by atoms with Crippen LogP contribution in [0.25, 0.3) is 5.69 Å². The van der Waals surface area contributed by atoms with E-state index >= 15 is 0 Å². The molecule has 0 saturated heterocycles. The van der Waals surface area contributed by atoms with E-state index in [0.717, 1.165) is 20.3 Å². The van der Waals surface area contributed by atoms with Crippen molar-refractivity contribution in [2.24, 2.45) is 0 Å². The second-order valence-electron chi connectivity index (χ2n) is 3.00. The van der Waals surface area contributed by atoms with Crippen LogP contribution in [0.2, 0.25) is 0 Å². The topological polar surface area (TPSA) is 17.8 Å². The molecular weight excluding hydrogens is 343 g/mol. The first-order chi connectivity index (χ1) is 7.20. The summed E-state index contributed by atoms with van der Waals surface area (Å²) in [5.41, 5.74) is 1.91. The summed E-state index contributed by atoms with van der Waals surface area (Å²) < 4.78 is 3.99. The lowest BCUT2D eigenvalue weighted by molar-refractivity contribution is 1.05. The van der Waals surface area contributed by atoms with E-state index in [4.69, 9.17) is 11.6 Å². The molecule has 0 aliphatic rings. The molecular formula is C10H7Br2ClN2. The molecule has 15 heavy (non-hydrogen) atoms. The van der Waals surface area contributed by atoms with Gasteiger partial charge in [0.05, 0.1) is 23.6 Å². The number of halogens is 3. The minimum absolute atomic E-state index is 0.432. The fourth-order valence-corrected chi connectivity index (χ4v) is 2.64. The van der Waals surface area contributed by atoms with Crippen LogP contribution in [0.4, 0.5) is 0 Å². The molecule has 0 N–H and O–H groups in total. The highest BCUT2D eigenvalue weighted by Crippen LogP contribution is 2.25. The summed E-state index contributed by atoms with van der Waals surface area (Å²) in [7, 11) is 0. The average molecular weight is 350 g/mol. The van der Waals surface area contributed by atoms with Gasteiger partial charge in [0.1, 0.15) is 0 Å². The predicted molar refractivity (Wildman–Crippen MR) is 68.5 cm³/mol. The molecule has 0 radical (unpaired) electrons. The van der Waals surface area contributed by atoms with Crippen molar-refractivity contribution >= 4 is 43.5 Å². The van der Waals surface area contributed by atoms with Crippen molar-refractivity contribution in [1.82, 2.24) is 9.55 Å². The van der Waals surface area contributed by atoms with Gasteiger partial charge < -0.3 is 4.57 Å². The summed E-state index contributed by atoms with van der Waals surface area (Å²) in [5.74, 6) is 0.432. The standard InChI is InChI=1S/C10H7Br2ClN2/c11-7-1-2-10(9(12)3-7)15-5-8(4-13)14-6-15/h1-3,5-6H,4H2. The van der Waals surface area contributed by atoms with E-state index in [2.05, 4.69) is 36.8 Å². The molecule has 1 aromatic heterocycles. The summed E-state index contributed by atoms with van der Waals surface area (Å²) in [5, 5.41) is 0. The van der Waals surface area contributed by atoms with E-state index in [1.165, 1.54) is 0 Å². The minimum atomic E-state index is 0.432. The fourth-order valence-electron chi connectivity index (χ4n) is 1.25. The smallest absolute Gasteiger partial charge is 0.0996 e. The van der Waals surface area contributed by atoms with Gasteiger partial charge in [-0.3, -0.25) is 0 Å². The van der Waals surface area contributed by atoms with Gasteiger partial charge >= 0.3 is 0 Å². The first kappa shape index (κ1) is 11.2. The Kier molecular flexibility index (Phi) is 3.49. The van der Waals surface area contributed by atoms with Crippen LogP contribution in [0.15, 0.2) is 39.7 Å². The van der Waals surface area contributed by atoms with Gasteiger partial charge in [0, 0.05) is 15.1 Å². The molecule has 0 aliphatic heterocycles. The Morgan fingerprint density at radius 2 is 2.13 bits per heavy atom. The minimum Gasteiger partial charge on any atom is -0.305 e. The number of aromatic nitrogens is 2. The lowest BCUT2D eigenvalue weighted by atomic mass is 10.3. The second-order valence-corrected chi connectivity index (χ2v) is 5.04. The van der Waals surface area contributed by atoms with Crippen molar-refractivity contribution in [3.63, 3.8) is 0 Å². The molecule has 0 saturated carbocycles. The zero-order valence-electron chi connectivity index (χ0n) is 7.62. The van der Waals surface area contributed by atoms with Crippen molar-refractivity contribution in [2.75, 3.05) is 0 Å². The SMILES string of the molecule is ClCc1cn(-c2ccc(Br)cc2Br)cn1. The van der Waals surface area contributed by atoms with Gasteiger partial charge in [0.15, 0.2) is 0 Å². The summed E-state index contributed by atoms with van der Waals surface area (Å²) in [6, 6.07) is 5.99. The molecule has 2 rings (SSSR count). The third-order valence-electron chi connectivity index (χ3n) is 1.96. The molecule has 0 bridgehead atoms. The van der Waals surface area contributed by atoms with Gasteiger partial charge in [-0.15, -0.1) is 11.6 Å². The molecule has 2 aromatic rings. The van der Waals surface area contributed by atoms with E-state index < -0.39 is 0 Å². The Morgan fingerprint density at radius 1 is 1.33 bits per heavy atom. The molecule has 0 spiro atoms. The van der Waals surface area contributed by atoms with E-state index in [-0.39, 0.29) is 0 Å². The van der Waals surface area contributed by atoms with Crippen molar-refractivity contribution in [3.8, 4) is 5.69 Å². The van der Waals surface area contributed by atoms with E-state index in [9.17, 15) is 0 Å². The van der Waals surface area contributed by atoms with E-state index in [1.807, 2.05) is 29.0 Å². The Labute approximate surface area is 110 Å². The zero-order chi connectivity index (χ0) is 10.8. The van der Waals surface area contributed by atoms with Crippen molar-refractivity contribution in [1.29, 1.82) is 0 Å². The first-order valence-corrected chi connectivity index (χ1v) is 6.37. The Bertz CT molecular complexity index is 482. The molecule has 0 aliphatic carbocycles. The number of rotatable bonds is 2. The normalized spacial score (nSPS) is 10.6. The Morgan fingerprint density at radius 3 is 2.73 bits per heavy atom. The highest BCUT2D eigenvalue weighted by Gasteiger charge is 2.04. The van der Waals surface area contributed by atoms with Crippen molar-refractivity contribution < 1.29 is 0 Å². The van der Waals surface area contributed by atoms with Gasteiger partial charge in [-0.2, -0.15) is 0 Å². The number of nitrogens with zero attached hydrogens (tertiary/aromatic N) is 2. The monoisotopic (exact) mass is 348 g/mol. The highest BCUT2D eigenvalue weighted by molar-refractivity contribution is 9.11. The van der Waals surface area contributed by atoms with E-state index in [0.29, 0.717) is 5.88 Å².